The second-order valence-corrected chi connectivity index (χ2v) is 4.45. The highest BCUT2D eigenvalue weighted by atomic mass is 127. The normalized spacial score (nSPS) is 42.0. The summed E-state index contributed by atoms with van der Waals surface area (Å²) < 4.78 is 18.3. The third kappa shape index (κ3) is 1.37. The van der Waals surface area contributed by atoms with E-state index in [0.29, 0.717) is 19.6 Å². The van der Waals surface area contributed by atoms with Crippen molar-refractivity contribution in [2.75, 3.05) is 19.7 Å². The first kappa shape index (κ1) is 9.15. The summed E-state index contributed by atoms with van der Waals surface area (Å²) in [6.45, 7) is 2.37. The quantitative estimate of drug-likeness (QED) is 0.719. The predicted octanol–water partition coefficient (Wildman–Crippen LogP) is 1.93. The summed E-state index contributed by atoms with van der Waals surface area (Å²) in [7, 11) is 0. The summed E-state index contributed by atoms with van der Waals surface area (Å²) in [5.41, 5.74) is 0.0562. The summed E-state index contributed by atoms with van der Waals surface area (Å²) in [5.74, 6) is 0. The van der Waals surface area contributed by atoms with E-state index in [4.69, 9.17) is 3.07 Å². The van der Waals surface area contributed by atoms with Gasteiger partial charge in [0.05, 0.1) is 6.61 Å². The average Bonchev–Trinajstić information content (AvgIpc) is 2.44. The van der Waals surface area contributed by atoms with Gasteiger partial charge in [-0.3, -0.25) is 4.90 Å². The second kappa shape index (κ2) is 3.38. The van der Waals surface area contributed by atoms with Crippen LogP contribution < -0.4 is 0 Å². The Morgan fingerprint density at radius 1 is 1.67 bits per heavy atom. The van der Waals surface area contributed by atoms with Crippen molar-refractivity contribution >= 4 is 23.0 Å². The fourth-order valence-corrected chi connectivity index (χ4v) is 3.13. The Bertz CT molecular complexity index is 180. The van der Waals surface area contributed by atoms with E-state index in [1.165, 1.54) is 6.42 Å². The van der Waals surface area contributed by atoms with Crippen molar-refractivity contribution in [3.05, 3.63) is 0 Å². The van der Waals surface area contributed by atoms with E-state index in [1.807, 2.05) is 23.0 Å². The summed E-state index contributed by atoms with van der Waals surface area (Å²) in [5, 5.41) is 0. The molecule has 0 saturated carbocycles. The van der Waals surface area contributed by atoms with Gasteiger partial charge in [-0.2, -0.15) is 0 Å². The molecular formula is C8H13FINO. The minimum Gasteiger partial charge on any atom is -0.314 e. The maximum atomic E-state index is 13.1. The zero-order valence-corrected chi connectivity index (χ0v) is 9.09. The lowest BCUT2D eigenvalue weighted by molar-refractivity contribution is 0.139. The molecular weight excluding hydrogens is 272 g/mol. The summed E-state index contributed by atoms with van der Waals surface area (Å²) in [6.07, 6.45) is 2.36. The minimum absolute atomic E-state index is 0.0562. The van der Waals surface area contributed by atoms with Gasteiger partial charge >= 0.3 is 0 Å². The van der Waals surface area contributed by atoms with Gasteiger partial charge in [0.15, 0.2) is 0 Å². The Labute approximate surface area is 86.1 Å². The van der Waals surface area contributed by atoms with Crippen LogP contribution in [0.1, 0.15) is 19.3 Å². The minimum atomic E-state index is -0.628. The first-order valence-corrected chi connectivity index (χ1v) is 5.28. The topological polar surface area (TPSA) is 12.5 Å². The molecule has 2 fully saturated rings. The number of alkyl halides is 1. The zero-order valence-electron chi connectivity index (χ0n) is 6.93. The van der Waals surface area contributed by atoms with Gasteiger partial charge in [0.2, 0.25) is 0 Å². The SMILES string of the molecule is FC1CN2CCC[C@@]2(COI)C1. The lowest BCUT2D eigenvalue weighted by atomic mass is 9.95. The van der Waals surface area contributed by atoms with Gasteiger partial charge in [-0.15, -0.1) is 0 Å². The van der Waals surface area contributed by atoms with Gasteiger partial charge in [-0.1, -0.05) is 0 Å². The first-order valence-electron chi connectivity index (χ1n) is 4.39. The van der Waals surface area contributed by atoms with Gasteiger partial charge < -0.3 is 3.07 Å². The number of hydrogen-bond acceptors (Lipinski definition) is 2. The lowest BCUT2D eigenvalue weighted by Crippen LogP contribution is -2.41. The Balaban J connectivity index is 2.09. The van der Waals surface area contributed by atoms with Crippen LogP contribution in [0.25, 0.3) is 0 Å². The predicted molar refractivity (Wildman–Crippen MR) is 53.0 cm³/mol. The van der Waals surface area contributed by atoms with Crippen molar-refractivity contribution in [2.45, 2.75) is 31.0 Å². The molecule has 2 rings (SSSR count). The molecule has 2 heterocycles. The highest BCUT2D eigenvalue weighted by molar-refractivity contribution is 14.1. The molecule has 2 saturated heterocycles. The van der Waals surface area contributed by atoms with E-state index in [0.717, 1.165) is 13.0 Å². The molecule has 0 spiro atoms. The van der Waals surface area contributed by atoms with Crippen molar-refractivity contribution in [2.24, 2.45) is 0 Å². The van der Waals surface area contributed by atoms with E-state index in [1.54, 1.807) is 0 Å². The largest absolute Gasteiger partial charge is 0.314 e. The zero-order chi connectivity index (χ0) is 8.60. The molecule has 2 aliphatic heterocycles. The molecule has 0 aromatic carbocycles. The summed E-state index contributed by atoms with van der Waals surface area (Å²) >= 11 is 1.91. The van der Waals surface area contributed by atoms with Crippen LogP contribution in [-0.4, -0.2) is 36.3 Å². The summed E-state index contributed by atoms with van der Waals surface area (Å²) in [4.78, 5) is 2.26. The number of hydrogen-bond donors (Lipinski definition) is 0. The van der Waals surface area contributed by atoms with E-state index >= 15 is 0 Å². The van der Waals surface area contributed by atoms with Crippen LogP contribution in [0.2, 0.25) is 0 Å². The third-order valence-corrected chi connectivity index (χ3v) is 3.40. The molecule has 0 radical (unpaired) electrons. The van der Waals surface area contributed by atoms with E-state index in [9.17, 15) is 4.39 Å². The highest BCUT2D eigenvalue weighted by Gasteiger charge is 2.48. The van der Waals surface area contributed by atoms with Crippen LogP contribution in [0.5, 0.6) is 0 Å². The van der Waals surface area contributed by atoms with E-state index in [2.05, 4.69) is 4.90 Å². The molecule has 4 heteroatoms. The van der Waals surface area contributed by atoms with Crippen LogP contribution in [0.3, 0.4) is 0 Å². The van der Waals surface area contributed by atoms with Crippen LogP contribution in [-0.2, 0) is 3.07 Å². The van der Waals surface area contributed by atoms with Gasteiger partial charge in [-0.25, -0.2) is 4.39 Å². The van der Waals surface area contributed by atoms with Crippen LogP contribution in [0.15, 0.2) is 0 Å². The number of halogens is 2. The molecule has 2 aliphatic rings. The van der Waals surface area contributed by atoms with Crippen molar-refractivity contribution in [3.63, 3.8) is 0 Å². The Kier molecular flexibility index (Phi) is 2.58. The molecule has 0 bridgehead atoms. The average molecular weight is 285 g/mol. The van der Waals surface area contributed by atoms with Gasteiger partial charge in [0, 0.05) is 18.5 Å². The second-order valence-electron chi connectivity index (χ2n) is 3.83. The van der Waals surface area contributed by atoms with Crippen molar-refractivity contribution < 1.29 is 7.46 Å². The van der Waals surface area contributed by atoms with Crippen LogP contribution >= 0.6 is 23.0 Å². The molecule has 2 atom stereocenters. The molecule has 70 valence electrons. The third-order valence-electron chi connectivity index (χ3n) is 3.08. The standard InChI is InChI=1S/C8H13FINO/c9-7-4-8(6-12-10)2-1-3-11(8)5-7/h7H,1-6H2/t7?,8-/m0/s1. The molecule has 0 aliphatic carbocycles. The van der Waals surface area contributed by atoms with Crippen molar-refractivity contribution in [1.29, 1.82) is 0 Å². The maximum Gasteiger partial charge on any atom is 0.115 e. The smallest absolute Gasteiger partial charge is 0.115 e. The molecule has 2 nitrogen and oxygen atoms in total. The molecule has 0 amide bonds. The Morgan fingerprint density at radius 2 is 2.50 bits per heavy atom. The van der Waals surface area contributed by atoms with Crippen molar-refractivity contribution in [1.82, 2.24) is 4.90 Å². The van der Waals surface area contributed by atoms with Gasteiger partial charge in [0.25, 0.3) is 0 Å². The molecule has 0 aromatic rings. The Morgan fingerprint density at radius 3 is 3.25 bits per heavy atom. The maximum absolute atomic E-state index is 13.1. The van der Waals surface area contributed by atoms with Crippen molar-refractivity contribution in [3.8, 4) is 0 Å². The number of fused-ring (bicyclic) bond motifs is 1. The van der Waals surface area contributed by atoms with Crippen LogP contribution in [0, 0.1) is 0 Å². The molecule has 0 N–H and O–H groups in total. The van der Waals surface area contributed by atoms with Crippen LogP contribution in [0.4, 0.5) is 4.39 Å². The van der Waals surface area contributed by atoms with Gasteiger partial charge in [0.1, 0.15) is 29.2 Å². The Hall–Kier alpha value is 0.580. The highest BCUT2D eigenvalue weighted by Crippen LogP contribution is 2.40. The number of rotatable bonds is 2. The lowest BCUT2D eigenvalue weighted by Gasteiger charge is -2.29. The van der Waals surface area contributed by atoms with Gasteiger partial charge in [-0.05, 0) is 19.4 Å². The number of nitrogens with zero attached hydrogens (tertiary/aromatic N) is 1. The fourth-order valence-electron chi connectivity index (χ4n) is 2.55. The molecule has 0 aromatic heterocycles. The van der Waals surface area contributed by atoms with E-state index in [-0.39, 0.29) is 5.54 Å². The first-order chi connectivity index (χ1) is 5.77. The van der Waals surface area contributed by atoms with E-state index < -0.39 is 6.17 Å². The monoisotopic (exact) mass is 285 g/mol. The molecule has 1 unspecified atom stereocenters. The fraction of sp³-hybridized carbons (Fsp3) is 1.00. The summed E-state index contributed by atoms with van der Waals surface area (Å²) in [6, 6.07) is 0. The molecule has 12 heavy (non-hydrogen) atoms.